The molecule has 0 saturated heterocycles. The molecule has 0 aliphatic carbocycles. The van der Waals surface area contributed by atoms with Crippen molar-refractivity contribution in [1.29, 1.82) is 0 Å². The first kappa shape index (κ1) is 19.8. The smallest absolute Gasteiger partial charge is 0.311 e. The second-order valence-corrected chi connectivity index (χ2v) is 9.41. The first-order valence-corrected chi connectivity index (χ1v) is 10.8. The lowest BCUT2D eigenvalue weighted by molar-refractivity contribution is -0.134. The largest absolute Gasteiger partial charge is 0.424 e. The number of hydrogen-bond donors (Lipinski definition) is 1. The molecule has 0 saturated carbocycles. The summed E-state index contributed by atoms with van der Waals surface area (Å²) < 4.78 is 37.8. The molecule has 0 atom stereocenters. The molecule has 0 fully saturated rings. The van der Waals surface area contributed by atoms with Gasteiger partial charge in [-0.3, -0.25) is 9.35 Å². The molecule has 118 valence electrons. The number of carbonyl (C=O) groups is 1. The highest BCUT2D eigenvalue weighted by molar-refractivity contribution is 14.1. The summed E-state index contributed by atoms with van der Waals surface area (Å²) in [5.41, 5.74) is 0. The van der Waals surface area contributed by atoms with Gasteiger partial charge >= 0.3 is 5.97 Å². The van der Waals surface area contributed by atoms with Crippen LogP contribution in [0.25, 0.3) is 0 Å². The molecule has 1 N–H and O–H groups in total. The second-order valence-electron chi connectivity index (χ2n) is 4.27. The van der Waals surface area contributed by atoms with Crippen molar-refractivity contribution in [2.45, 2.75) is 25.7 Å². The summed E-state index contributed by atoms with van der Waals surface area (Å²) in [5, 5.41) is 0. The summed E-state index contributed by atoms with van der Waals surface area (Å²) in [6.07, 6.45) is 1.65. The second kappa shape index (κ2) is 9.17. The molecule has 0 heterocycles. The number of ether oxygens (including phenoxy) is 1. The van der Waals surface area contributed by atoms with E-state index in [1.54, 1.807) is 0 Å². The maximum atomic E-state index is 11.8. The van der Waals surface area contributed by atoms with E-state index < -0.39 is 10.1 Å². The van der Waals surface area contributed by atoms with Gasteiger partial charge in [-0.25, -0.2) is 0 Å². The molecule has 0 spiro atoms. The monoisotopic (exact) mass is 650 g/mol. The third kappa shape index (κ3) is 8.27. The van der Waals surface area contributed by atoms with Gasteiger partial charge in [0.15, 0.2) is 5.75 Å². The fourth-order valence-electron chi connectivity index (χ4n) is 1.52. The van der Waals surface area contributed by atoms with Crippen LogP contribution in [0, 0.1) is 10.7 Å². The molecule has 0 amide bonds. The molecule has 0 aliphatic heterocycles. The van der Waals surface area contributed by atoms with Crippen LogP contribution in [0.5, 0.6) is 5.75 Å². The highest BCUT2D eigenvalue weighted by Gasteiger charge is 2.13. The Morgan fingerprint density at radius 1 is 1.10 bits per heavy atom. The molecular formula is C12H13I3O5S. The number of hydrogen-bond acceptors (Lipinski definition) is 4. The number of rotatable bonds is 7. The Bertz CT molecular complexity index is 592. The fourth-order valence-corrected chi connectivity index (χ4v) is 5.89. The average Bonchev–Trinajstić information content (AvgIpc) is 2.32. The normalized spacial score (nSPS) is 11.4. The Balaban J connectivity index is 2.41. The minimum Gasteiger partial charge on any atom is -0.424 e. The molecule has 0 aromatic heterocycles. The van der Waals surface area contributed by atoms with Crippen LogP contribution < -0.4 is 4.74 Å². The summed E-state index contributed by atoms with van der Waals surface area (Å²) in [4.78, 5) is 11.8. The Morgan fingerprint density at radius 2 is 1.67 bits per heavy atom. The van der Waals surface area contributed by atoms with E-state index >= 15 is 0 Å². The van der Waals surface area contributed by atoms with Crippen LogP contribution >= 0.6 is 67.8 Å². The zero-order valence-electron chi connectivity index (χ0n) is 10.8. The highest BCUT2D eigenvalue weighted by atomic mass is 127. The maximum absolute atomic E-state index is 11.8. The number of carbonyl (C=O) groups excluding carboxylic acids is 1. The fraction of sp³-hybridized carbons (Fsp3) is 0.417. The predicted octanol–water partition coefficient (Wildman–Crippen LogP) is 3.85. The Kier molecular flexibility index (Phi) is 8.67. The molecule has 0 aliphatic rings. The maximum Gasteiger partial charge on any atom is 0.311 e. The summed E-state index contributed by atoms with van der Waals surface area (Å²) >= 11 is 6.45. The summed E-state index contributed by atoms with van der Waals surface area (Å²) in [5.74, 6) is -0.0342. The van der Waals surface area contributed by atoms with Gasteiger partial charge < -0.3 is 4.74 Å². The zero-order chi connectivity index (χ0) is 16.0. The van der Waals surface area contributed by atoms with E-state index in [4.69, 9.17) is 9.29 Å². The lowest BCUT2D eigenvalue weighted by Gasteiger charge is -2.09. The van der Waals surface area contributed by atoms with E-state index in [9.17, 15) is 13.2 Å². The highest BCUT2D eigenvalue weighted by Crippen LogP contribution is 2.29. The zero-order valence-corrected chi connectivity index (χ0v) is 18.1. The van der Waals surface area contributed by atoms with Crippen molar-refractivity contribution >= 4 is 83.9 Å². The lowest BCUT2D eigenvalue weighted by Crippen LogP contribution is -2.10. The van der Waals surface area contributed by atoms with E-state index in [0.717, 1.165) is 10.7 Å². The molecular weight excluding hydrogens is 637 g/mol. The van der Waals surface area contributed by atoms with E-state index in [1.807, 2.05) is 12.1 Å². The van der Waals surface area contributed by atoms with Crippen molar-refractivity contribution in [2.75, 3.05) is 5.75 Å². The van der Waals surface area contributed by atoms with Crippen molar-refractivity contribution < 1.29 is 22.5 Å². The van der Waals surface area contributed by atoms with E-state index in [2.05, 4.69) is 67.8 Å². The van der Waals surface area contributed by atoms with Gasteiger partial charge in [-0.05, 0) is 92.7 Å². The minimum absolute atomic E-state index is 0.226. The number of halogens is 3. The summed E-state index contributed by atoms with van der Waals surface area (Å²) in [6.45, 7) is 0. The van der Waals surface area contributed by atoms with Crippen LogP contribution in [0.4, 0.5) is 0 Å². The van der Waals surface area contributed by atoms with Crippen LogP contribution in [0.15, 0.2) is 12.1 Å². The Morgan fingerprint density at radius 3 is 2.19 bits per heavy atom. The Hall–Kier alpha value is 0.790. The standard InChI is InChI=1S/C12H13I3O5S/c13-8-6-9(14)12(10(15)7-8)20-11(16)4-2-1-3-5-21(17,18)19/h6-7H,1-5H2,(H,17,18,19). The van der Waals surface area contributed by atoms with Gasteiger partial charge in [-0.1, -0.05) is 6.42 Å². The molecule has 1 aromatic carbocycles. The molecule has 1 aromatic rings. The van der Waals surface area contributed by atoms with Gasteiger partial charge in [0.1, 0.15) is 0 Å². The van der Waals surface area contributed by atoms with E-state index in [0.29, 0.717) is 25.0 Å². The third-order valence-corrected chi connectivity index (χ3v) is 5.49. The van der Waals surface area contributed by atoms with E-state index in [-0.39, 0.29) is 18.1 Å². The third-order valence-electron chi connectivity index (χ3n) is 2.46. The van der Waals surface area contributed by atoms with Crippen LogP contribution in [0.1, 0.15) is 25.7 Å². The first-order chi connectivity index (χ1) is 9.69. The van der Waals surface area contributed by atoms with Crippen molar-refractivity contribution in [3.63, 3.8) is 0 Å². The van der Waals surface area contributed by atoms with Gasteiger partial charge in [0.25, 0.3) is 10.1 Å². The lowest BCUT2D eigenvalue weighted by atomic mass is 10.2. The summed E-state index contributed by atoms with van der Waals surface area (Å²) in [7, 11) is -3.91. The topological polar surface area (TPSA) is 80.7 Å². The van der Waals surface area contributed by atoms with Crippen molar-refractivity contribution in [2.24, 2.45) is 0 Å². The average molecular weight is 650 g/mol. The van der Waals surface area contributed by atoms with Crippen LogP contribution in [-0.2, 0) is 14.9 Å². The number of esters is 1. The van der Waals surface area contributed by atoms with Crippen molar-refractivity contribution in [3.8, 4) is 5.75 Å². The summed E-state index contributed by atoms with van der Waals surface area (Å²) in [6, 6.07) is 3.86. The van der Waals surface area contributed by atoms with Gasteiger partial charge in [-0.15, -0.1) is 0 Å². The molecule has 21 heavy (non-hydrogen) atoms. The first-order valence-electron chi connectivity index (χ1n) is 5.99. The molecule has 5 nitrogen and oxygen atoms in total. The number of benzene rings is 1. The van der Waals surface area contributed by atoms with E-state index in [1.165, 1.54) is 0 Å². The quantitative estimate of drug-likeness (QED) is 0.160. The van der Waals surface area contributed by atoms with Crippen molar-refractivity contribution in [1.82, 2.24) is 0 Å². The molecule has 0 radical (unpaired) electrons. The Labute approximate surface area is 164 Å². The van der Waals surface area contributed by atoms with Gasteiger partial charge in [0, 0.05) is 9.99 Å². The van der Waals surface area contributed by atoms with Crippen LogP contribution in [-0.4, -0.2) is 24.7 Å². The molecule has 0 bridgehead atoms. The predicted molar refractivity (Wildman–Crippen MR) is 105 cm³/mol. The van der Waals surface area contributed by atoms with Gasteiger partial charge in [0.05, 0.1) is 12.9 Å². The molecule has 9 heteroatoms. The van der Waals surface area contributed by atoms with Crippen molar-refractivity contribution in [3.05, 3.63) is 22.8 Å². The molecule has 1 rings (SSSR count). The molecule has 0 unspecified atom stereocenters. The SMILES string of the molecule is O=C(CCCCCS(=O)(=O)O)Oc1c(I)cc(I)cc1I. The van der Waals surface area contributed by atoms with Gasteiger partial charge in [0.2, 0.25) is 0 Å². The minimum atomic E-state index is -3.91. The van der Waals surface area contributed by atoms with Gasteiger partial charge in [-0.2, -0.15) is 8.42 Å². The van der Waals surface area contributed by atoms with Crippen LogP contribution in [0.3, 0.4) is 0 Å². The number of unbranched alkanes of at least 4 members (excludes halogenated alkanes) is 2. The van der Waals surface area contributed by atoms with Crippen LogP contribution in [0.2, 0.25) is 0 Å².